The lowest BCUT2D eigenvalue weighted by molar-refractivity contribution is 0.0524. The number of fused-ring (bicyclic) bond motifs is 1. The normalized spacial score (nSPS) is 17.4. The van der Waals surface area contributed by atoms with Crippen LogP contribution in [0.5, 0.6) is 0 Å². The van der Waals surface area contributed by atoms with Gasteiger partial charge in [0.2, 0.25) is 0 Å². The van der Waals surface area contributed by atoms with Crippen molar-refractivity contribution in [2.75, 3.05) is 13.2 Å². The zero-order valence-corrected chi connectivity index (χ0v) is 13.5. The number of hydrogen-bond donors (Lipinski definition) is 1. The molecule has 0 bridgehead atoms. The van der Waals surface area contributed by atoms with Crippen molar-refractivity contribution < 1.29 is 14.3 Å². The third-order valence-corrected chi connectivity index (χ3v) is 4.93. The van der Waals surface area contributed by atoms with Gasteiger partial charge in [0.15, 0.2) is 0 Å². The van der Waals surface area contributed by atoms with Crippen LogP contribution in [-0.4, -0.2) is 25.0 Å². The number of rotatable bonds is 2. The van der Waals surface area contributed by atoms with Gasteiger partial charge in [0.25, 0.3) is 5.91 Å². The Labute approximate surface area is 124 Å². The van der Waals surface area contributed by atoms with E-state index < -0.39 is 0 Å². The second-order valence-corrected chi connectivity index (χ2v) is 7.64. The maximum absolute atomic E-state index is 12.1. The Morgan fingerprint density at radius 3 is 2.84 bits per heavy atom. The van der Waals surface area contributed by atoms with Crippen molar-refractivity contribution in [1.82, 2.24) is 5.32 Å². The fourth-order valence-electron chi connectivity index (χ4n) is 2.13. The van der Waals surface area contributed by atoms with Gasteiger partial charge in [0, 0.05) is 6.54 Å². The first kappa shape index (κ1) is 14.5. The smallest absolute Gasteiger partial charge is 0.340 e. The van der Waals surface area contributed by atoms with E-state index in [9.17, 15) is 9.59 Å². The monoisotopic (exact) mass is 345 g/mol. The Bertz CT molecular complexity index is 536. The van der Waals surface area contributed by atoms with Crippen LogP contribution >= 0.6 is 27.3 Å². The summed E-state index contributed by atoms with van der Waals surface area (Å²) in [5, 5.41) is 2.90. The van der Waals surface area contributed by atoms with Crippen molar-refractivity contribution in [3.8, 4) is 0 Å². The zero-order valence-electron chi connectivity index (χ0n) is 11.1. The molecule has 19 heavy (non-hydrogen) atoms. The molecule has 0 unspecified atom stereocenters. The van der Waals surface area contributed by atoms with Gasteiger partial charge in [-0.1, -0.05) is 13.8 Å². The molecule has 0 aromatic carbocycles. The Morgan fingerprint density at radius 2 is 2.21 bits per heavy atom. The molecule has 4 nitrogen and oxygen atoms in total. The molecule has 0 aliphatic carbocycles. The van der Waals surface area contributed by atoms with Crippen LogP contribution in [0.1, 0.15) is 46.4 Å². The van der Waals surface area contributed by atoms with Gasteiger partial charge in [-0.25, -0.2) is 4.79 Å². The molecule has 0 spiro atoms. The molecule has 1 aromatic rings. The molecule has 1 amide bonds. The number of carbonyl (C=O) groups excluding carboxylic acids is 2. The standard InChI is InChI=1S/C13H16BrNO3S/c1-4-18-12(17)8-7-5-13(2,3)6-15-11(16)9(7)19-10(8)14/h4-6H2,1-3H3,(H,15,16). The average Bonchev–Trinajstić information content (AvgIpc) is 2.57. The van der Waals surface area contributed by atoms with Crippen molar-refractivity contribution in [3.63, 3.8) is 0 Å². The number of esters is 1. The predicted octanol–water partition coefficient (Wildman–Crippen LogP) is 3.00. The third kappa shape index (κ3) is 2.84. The molecule has 0 saturated heterocycles. The second-order valence-electron chi connectivity index (χ2n) is 5.30. The highest BCUT2D eigenvalue weighted by molar-refractivity contribution is 9.11. The summed E-state index contributed by atoms with van der Waals surface area (Å²) in [6, 6.07) is 0. The molecule has 2 heterocycles. The lowest BCUT2D eigenvalue weighted by Gasteiger charge is -2.22. The molecule has 0 fully saturated rings. The first-order valence-electron chi connectivity index (χ1n) is 6.12. The Balaban J connectivity index is 2.53. The van der Waals surface area contributed by atoms with Gasteiger partial charge in [-0.15, -0.1) is 11.3 Å². The van der Waals surface area contributed by atoms with Crippen molar-refractivity contribution in [3.05, 3.63) is 19.8 Å². The largest absolute Gasteiger partial charge is 0.462 e. The van der Waals surface area contributed by atoms with Crippen LogP contribution in [-0.2, 0) is 11.2 Å². The summed E-state index contributed by atoms with van der Waals surface area (Å²) in [7, 11) is 0. The summed E-state index contributed by atoms with van der Waals surface area (Å²) in [4.78, 5) is 24.7. The highest BCUT2D eigenvalue weighted by Crippen LogP contribution is 2.38. The first-order chi connectivity index (χ1) is 8.85. The minimum Gasteiger partial charge on any atom is -0.462 e. The number of ether oxygens (including phenoxy) is 1. The first-order valence-corrected chi connectivity index (χ1v) is 7.73. The minimum atomic E-state index is -0.364. The Kier molecular flexibility index (Phi) is 4.01. The van der Waals surface area contributed by atoms with Crippen molar-refractivity contribution in [2.24, 2.45) is 5.41 Å². The van der Waals surface area contributed by atoms with Crippen LogP contribution in [0.25, 0.3) is 0 Å². The van der Waals surface area contributed by atoms with Gasteiger partial charge in [-0.2, -0.15) is 0 Å². The highest BCUT2D eigenvalue weighted by Gasteiger charge is 2.34. The molecule has 1 aromatic heterocycles. The summed E-state index contributed by atoms with van der Waals surface area (Å²) in [5.41, 5.74) is 1.23. The van der Waals surface area contributed by atoms with Gasteiger partial charge in [-0.3, -0.25) is 4.79 Å². The minimum absolute atomic E-state index is 0.0807. The van der Waals surface area contributed by atoms with Gasteiger partial charge in [0.1, 0.15) is 0 Å². The number of hydrogen-bond acceptors (Lipinski definition) is 4. The molecule has 1 aliphatic rings. The van der Waals surface area contributed by atoms with E-state index in [-0.39, 0.29) is 17.3 Å². The number of halogens is 1. The zero-order chi connectivity index (χ0) is 14.2. The van der Waals surface area contributed by atoms with Crippen LogP contribution in [0.3, 0.4) is 0 Å². The molecular formula is C13H16BrNO3S. The highest BCUT2D eigenvalue weighted by atomic mass is 79.9. The quantitative estimate of drug-likeness (QED) is 0.838. The maximum Gasteiger partial charge on any atom is 0.340 e. The van der Waals surface area contributed by atoms with E-state index in [2.05, 4.69) is 35.1 Å². The molecule has 0 radical (unpaired) electrons. The maximum atomic E-state index is 12.1. The molecule has 0 saturated carbocycles. The SMILES string of the molecule is CCOC(=O)c1c(Br)sc2c1CC(C)(C)CNC2=O. The molecule has 2 rings (SSSR count). The summed E-state index contributed by atoms with van der Waals surface area (Å²) in [5.74, 6) is -0.473. The molecule has 0 atom stereocenters. The topological polar surface area (TPSA) is 55.4 Å². The summed E-state index contributed by atoms with van der Waals surface area (Å²) < 4.78 is 5.75. The van der Waals surface area contributed by atoms with Crippen molar-refractivity contribution >= 4 is 39.1 Å². The third-order valence-electron chi connectivity index (χ3n) is 3.03. The summed E-state index contributed by atoms with van der Waals surface area (Å²) >= 11 is 4.67. The summed E-state index contributed by atoms with van der Waals surface area (Å²) in [6.45, 7) is 6.85. The predicted molar refractivity (Wildman–Crippen MR) is 77.8 cm³/mol. The number of thiophene rings is 1. The second kappa shape index (κ2) is 5.25. The van der Waals surface area contributed by atoms with Gasteiger partial charge >= 0.3 is 5.97 Å². The van der Waals surface area contributed by atoms with Crippen LogP contribution in [0.2, 0.25) is 0 Å². The fourth-order valence-corrected chi connectivity index (χ4v) is 3.97. The van der Waals surface area contributed by atoms with Crippen molar-refractivity contribution in [1.29, 1.82) is 0 Å². The van der Waals surface area contributed by atoms with Crippen molar-refractivity contribution in [2.45, 2.75) is 27.2 Å². The van der Waals surface area contributed by atoms with Crippen LogP contribution < -0.4 is 5.32 Å². The lowest BCUT2D eigenvalue weighted by Crippen LogP contribution is -2.31. The van der Waals surface area contributed by atoms with E-state index in [0.29, 0.717) is 33.8 Å². The number of nitrogens with one attached hydrogen (secondary N) is 1. The number of amides is 1. The average molecular weight is 346 g/mol. The lowest BCUT2D eigenvalue weighted by atomic mass is 9.85. The van der Waals surface area contributed by atoms with Crippen LogP contribution in [0.4, 0.5) is 0 Å². The number of carbonyl (C=O) groups is 2. The van der Waals surface area contributed by atoms with E-state index in [1.807, 2.05) is 0 Å². The van der Waals surface area contributed by atoms with Gasteiger partial charge in [-0.05, 0) is 40.3 Å². The van der Waals surface area contributed by atoms with Crippen LogP contribution in [0, 0.1) is 5.41 Å². The van der Waals surface area contributed by atoms with Gasteiger partial charge < -0.3 is 10.1 Å². The molecule has 6 heteroatoms. The molecular weight excluding hydrogens is 330 g/mol. The van der Waals surface area contributed by atoms with Gasteiger partial charge in [0.05, 0.1) is 20.8 Å². The van der Waals surface area contributed by atoms with Crippen LogP contribution in [0.15, 0.2) is 3.79 Å². The van der Waals surface area contributed by atoms with E-state index in [0.717, 1.165) is 5.56 Å². The fraction of sp³-hybridized carbons (Fsp3) is 0.538. The molecule has 1 aliphatic heterocycles. The summed E-state index contributed by atoms with van der Waals surface area (Å²) in [6.07, 6.45) is 0.678. The molecule has 104 valence electrons. The van der Waals surface area contributed by atoms with E-state index >= 15 is 0 Å². The molecule has 1 N–H and O–H groups in total. The van der Waals surface area contributed by atoms with E-state index in [4.69, 9.17) is 4.74 Å². The Morgan fingerprint density at radius 1 is 1.53 bits per heavy atom. The van der Waals surface area contributed by atoms with E-state index in [1.54, 1.807) is 6.92 Å². The Hall–Kier alpha value is -0.880. The van der Waals surface area contributed by atoms with E-state index in [1.165, 1.54) is 11.3 Å².